The first-order valence-electron chi connectivity index (χ1n) is 13.5. The number of allylic oxidation sites excluding steroid dienone is 1. The molecule has 0 heterocycles. The highest BCUT2D eigenvalue weighted by Crippen LogP contribution is 2.68. The minimum atomic E-state index is -1.60. The van der Waals surface area contributed by atoms with E-state index in [0.29, 0.717) is 37.7 Å². The van der Waals surface area contributed by atoms with Gasteiger partial charge in [0.1, 0.15) is 0 Å². The van der Waals surface area contributed by atoms with Crippen molar-refractivity contribution in [3.05, 3.63) is 11.6 Å². The van der Waals surface area contributed by atoms with E-state index in [9.17, 15) is 40.5 Å². The van der Waals surface area contributed by atoms with Gasteiger partial charge in [0.25, 0.3) is 0 Å². The molecule has 3 fully saturated rings. The highest BCUT2D eigenvalue weighted by atomic mass is 16.3. The molecule has 8 heteroatoms. The molecule has 0 spiro atoms. The van der Waals surface area contributed by atoms with E-state index in [-0.39, 0.29) is 31.1 Å². The van der Waals surface area contributed by atoms with E-state index in [2.05, 4.69) is 0 Å². The molecule has 0 aromatic heterocycles. The van der Waals surface area contributed by atoms with E-state index < -0.39 is 63.7 Å². The van der Waals surface area contributed by atoms with E-state index in [1.165, 1.54) is 0 Å². The number of aliphatic hydroxyl groups excluding tert-OH is 4. The molecule has 206 valence electrons. The molecule has 0 amide bonds. The molecule has 8 nitrogen and oxygen atoms in total. The second-order valence-electron chi connectivity index (χ2n) is 13.6. The number of hydrogen-bond donors (Lipinski definition) is 7. The first-order chi connectivity index (χ1) is 16.4. The van der Waals surface area contributed by atoms with Gasteiger partial charge in [-0.1, -0.05) is 13.8 Å². The van der Waals surface area contributed by atoms with Crippen molar-refractivity contribution in [3.63, 3.8) is 0 Å². The second-order valence-corrected chi connectivity index (χ2v) is 13.6. The zero-order valence-electron chi connectivity index (χ0n) is 22.3. The van der Waals surface area contributed by atoms with Crippen LogP contribution in [-0.4, -0.2) is 83.3 Å². The Balaban J connectivity index is 1.66. The van der Waals surface area contributed by atoms with Crippen molar-refractivity contribution in [1.29, 1.82) is 0 Å². The summed E-state index contributed by atoms with van der Waals surface area (Å²) in [7, 11) is 0. The Labute approximate surface area is 214 Å². The van der Waals surface area contributed by atoms with Crippen molar-refractivity contribution < 1.29 is 40.5 Å². The molecule has 0 saturated heterocycles. The van der Waals surface area contributed by atoms with Gasteiger partial charge in [-0.3, -0.25) is 4.79 Å². The van der Waals surface area contributed by atoms with Crippen molar-refractivity contribution in [2.24, 2.45) is 34.5 Å². The molecule has 11 atom stereocenters. The standard InChI is InChI=1S/C28H46O8/c1-24(2,34)15(14-29)10-23(33)27(5,35)22-7-9-28(36)17-11-19(30)18-12-20(31)21(32)13-25(18,3)16(17)6-8-26(22,28)4/h11,15-16,18,20-23,29,31-36H,6-10,12-14H2,1-5H3/t15-,16-,18-,20+,21-,22-,23+,25+,26+,27+,28+/m0/s1. The summed E-state index contributed by atoms with van der Waals surface area (Å²) in [5.74, 6) is -1.77. The Morgan fingerprint density at radius 2 is 1.69 bits per heavy atom. The predicted molar refractivity (Wildman–Crippen MR) is 133 cm³/mol. The van der Waals surface area contributed by atoms with Crippen LogP contribution in [0.4, 0.5) is 0 Å². The van der Waals surface area contributed by atoms with Crippen molar-refractivity contribution in [2.75, 3.05) is 6.61 Å². The van der Waals surface area contributed by atoms with Crippen LogP contribution in [0.25, 0.3) is 0 Å². The summed E-state index contributed by atoms with van der Waals surface area (Å²) in [6.45, 7) is 8.29. The topological polar surface area (TPSA) is 159 Å². The van der Waals surface area contributed by atoms with Crippen LogP contribution < -0.4 is 0 Å². The fourth-order valence-corrected chi connectivity index (χ4v) is 8.63. The maximum absolute atomic E-state index is 13.3. The van der Waals surface area contributed by atoms with Gasteiger partial charge in [-0.2, -0.15) is 0 Å². The van der Waals surface area contributed by atoms with E-state index in [1.54, 1.807) is 26.8 Å². The van der Waals surface area contributed by atoms with Crippen LogP contribution in [0, 0.1) is 34.5 Å². The van der Waals surface area contributed by atoms with E-state index in [0.717, 1.165) is 0 Å². The Hall–Kier alpha value is -0.870. The summed E-state index contributed by atoms with van der Waals surface area (Å²) in [4.78, 5) is 13.3. The summed E-state index contributed by atoms with van der Waals surface area (Å²) in [5, 5.41) is 76.0. The van der Waals surface area contributed by atoms with Gasteiger partial charge in [-0.25, -0.2) is 0 Å². The molecule has 3 saturated carbocycles. The minimum Gasteiger partial charge on any atom is -0.396 e. The van der Waals surface area contributed by atoms with Gasteiger partial charge >= 0.3 is 0 Å². The molecule has 0 unspecified atom stereocenters. The second kappa shape index (κ2) is 8.83. The number of rotatable bonds is 6. The molecule has 4 aliphatic carbocycles. The average molecular weight is 511 g/mol. The molecule has 0 aliphatic heterocycles. The Bertz CT molecular complexity index is 908. The van der Waals surface area contributed by atoms with Crippen molar-refractivity contribution >= 4 is 5.78 Å². The predicted octanol–water partition coefficient (Wildman–Crippen LogP) is 1.07. The monoisotopic (exact) mass is 510 g/mol. The Morgan fingerprint density at radius 3 is 2.28 bits per heavy atom. The van der Waals surface area contributed by atoms with Crippen molar-refractivity contribution in [2.45, 2.75) is 115 Å². The van der Waals surface area contributed by atoms with Gasteiger partial charge in [-0.15, -0.1) is 0 Å². The number of carbonyl (C=O) groups is 1. The highest BCUT2D eigenvalue weighted by Gasteiger charge is 2.69. The first-order valence-corrected chi connectivity index (χ1v) is 13.5. The molecule has 0 radical (unpaired) electrons. The van der Waals surface area contributed by atoms with Gasteiger partial charge < -0.3 is 35.7 Å². The number of fused-ring (bicyclic) bond motifs is 5. The average Bonchev–Trinajstić information content (AvgIpc) is 3.05. The summed E-state index contributed by atoms with van der Waals surface area (Å²) in [6, 6.07) is 0. The summed E-state index contributed by atoms with van der Waals surface area (Å²) in [6.07, 6.45) is 1.02. The maximum Gasteiger partial charge on any atom is 0.159 e. The van der Waals surface area contributed by atoms with Crippen LogP contribution in [0.2, 0.25) is 0 Å². The van der Waals surface area contributed by atoms with E-state index in [1.807, 2.05) is 13.8 Å². The van der Waals surface area contributed by atoms with Crippen molar-refractivity contribution in [1.82, 2.24) is 0 Å². The molecular weight excluding hydrogens is 464 g/mol. The number of carbonyl (C=O) groups excluding carboxylic acids is 1. The summed E-state index contributed by atoms with van der Waals surface area (Å²) < 4.78 is 0. The third-order valence-corrected chi connectivity index (χ3v) is 11.2. The normalized spacial score (nSPS) is 46.2. The van der Waals surface area contributed by atoms with Crippen LogP contribution in [-0.2, 0) is 4.79 Å². The highest BCUT2D eigenvalue weighted by molar-refractivity contribution is 5.95. The molecule has 0 aromatic carbocycles. The lowest BCUT2D eigenvalue weighted by Crippen LogP contribution is -2.63. The zero-order valence-corrected chi connectivity index (χ0v) is 22.3. The molecule has 7 N–H and O–H groups in total. The molecule has 0 bridgehead atoms. The summed E-state index contributed by atoms with van der Waals surface area (Å²) >= 11 is 0. The van der Waals surface area contributed by atoms with E-state index >= 15 is 0 Å². The molecule has 0 aromatic rings. The third kappa shape index (κ3) is 3.94. The lowest BCUT2D eigenvalue weighted by molar-refractivity contribution is -0.180. The number of hydrogen-bond acceptors (Lipinski definition) is 8. The lowest BCUT2D eigenvalue weighted by Gasteiger charge is -2.60. The zero-order chi connectivity index (χ0) is 27.1. The minimum absolute atomic E-state index is 0.00177. The molecular formula is C28H46O8. The van der Waals surface area contributed by atoms with Crippen LogP contribution >= 0.6 is 0 Å². The lowest BCUT2D eigenvalue weighted by atomic mass is 9.45. The largest absolute Gasteiger partial charge is 0.396 e. The van der Waals surface area contributed by atoms with Crippen LogP contribution in [0.1, 0.15) is 79.6 Å². The van der Waals surface area contributed by atoms with Gasteiger partial charge in [0.2, 0.25) is 0 Å². The number of ketones is 1. The molecule has 36 heavy (non-hydrogen) atoms. The van der Waals surface area contributed by atoms with Gasteiger partial charge in [0, 0.05) is 23.9 Å². The SMILES string of the molecule is CC(C)(O)[C@H](CO)C[C@@H](O)[C@](C)(O)[C@H]1CC[C@@]2(O)C3=CC(=O)[C@@H]4C[C@@H](O)[C@@H](O)C[C@]4(C)[C@H]3CC[C@]12C. The van der Waals surface area contributed by atoms with Gasteiger partial charge in [-0.05, 0) is 94.6 Å². The van der Waals surface area contributed by atoms with Crippen LogP contribution in [0.5, 0.6) is 0 Å². The third-order valence-electron chi connectivity index (χ3n) is 11.2. The van der Waals surface area contributed by atoms with Gasteiger partial charge in [0.15, 0.2) is 5.78 Å². The fourth-order valence-electron chi connectivity index (χ4n) is 8.63. The first kappa shape index (κ1) is 28.1. The fraction of sp³-hybridized carbons (Fsp3) is 0.893. The quantitative estimate of drug-likeness (QED) is 0.280. The van der Waals surface area contributed by atoms with Crippen molar-refractivity contribution in [3.8, 4) is 0 Å². The molecule has 4 aliphatic rings. The smallest absolute Gasteiger partial charge is 0.159 e. The molecule has 4 rings (SSSR count). The summed E-state index contributed by atoms with van der Waals surface area (Å²) in [5.41, 5.74) is -4.89. The van der Waals surface area contributed by atoms with E-state index in [4.69, 9.17) is 0 Å². The van der Waals surface area contributed by atoms with Crippen LogP contribution in [0.15, 0.2) is 11.6 Å². The van der Waals surface area contributed by atoms with Gasteiger partial charge in [0.05, 0.1) is 35.1 Å². The maximum atomic E-state index is 13.3. The van der Waals surface area contributed by atoms with Crippen LogP contribution in [0.3, 0.4) is 0 Å². The number of aliphatic hydroxyl groups is 7. The Morgan fingerprint density at radius 1 is 1.06 bits per heavy atom. The Kier molecular flexibility index (Phi) is 6.90.